The Hall–Kier alpha value is -2.10. The largest absolute Gasteiger partial charge is 0.354 e. The number of nitrogens with zero attached hydrogens (tertiary/aromatic N) is 5. The zero-order valence-electron chi connectivity index (χ0n) is 17.9. The van der Waals surface area contributed by atoms with Crippen molar-refractivity contribution in [2.24, 2.45) is 0 Å². The lowest BCUT2D eigenvalue weighted by atomic mass is 9.96. The van der Waals surface area contributed by atoms with E-state index in [0.717, 1.165) is 63.4 Å². The zero-order valence-corrected chi connectivity index (χ0v) is 19.5. The number of aryl methyl sites for hydroxylation is 1. The molecule has 3 aromatic rings. The van der Waals surface area contributed by atoms with E-state index in [1.54, 1.807) is 24.3 Å². The summed E-state index contributed by atoms with van der Waals surface area (Å²) in [7, 11) is -1.60. The normalized spacial score (nSPS) is 17.8. The van der Waals surface area contributed by atoms with Crippen molar-refractivity contribution >= 4 is 33.1 Å². The number of hydrogen-bond donors (Lipinski definition) is 0. The summed E-state index contributed by atoms with van der Waals surface area (Å²) in [6.07, 6.45) is 5.95. The molecule has 0 spiro atoms. The summed E-state index contributed by atoms with van der Waals surface area (Å²) in [5.74, 6) is 1.04. The van der Waals surface area contributed by atoms with Crippen molar-refractivity contribution in [1.29, 1.82) is 0 Å². The van der Waals surface area contributed by atoms with Crippen LogP contribution in [0.4, 0.5) is 5.82 Å². The molecule has 1 aliphatic heterocycles. The van der Waals surface area contributed by atoms with Gasteiger partial charge in [-0.1, -0.05) is 18.2 Å². The van der Waals surface area contributed by atoms with Crippen LogP contribution in [0.1, 0.15) is 24.1 Å². The Morgan fingerprint density at radius 2 is 1.71 bits per heavy atom. The summed E-state index contributed by atoms with van der Waals surface area (Å²) in [6.45, 7) is 3.75. The van der Waals surface area contributed by atoms with Gasteiger partial charge in [0.15, 0.2) is 10.5 Å². The highest BCUT2D eigenvalue weighted by Crippen LogP contribution is 2.37. The maximum absolute atomic E-state index is 13.7. The number of piperazine rings is 1. The Labute approximate surface area is 187 Å². The SMILES string of the molecule is CSc1nn2c(N3CCN(C)CC3)c3c(nc2c1S(=O)(=O)c1ccccc1)CCCC3. The molecular weight excluding hydrogens is 430 g/mol. The average Bonchev–Trinajstić information content (AvgIpc) is 3.17. The molecule has 3 heterocycles. The van der Waals surface area contributed by atoms with E-state index < -0.39 is 9.84 Å². The number of thioether (sulfide) groups is 1. The molecule has 0 bridgehead atoms. The van der Waals surface area contributed by atoms with E-state index in [1.165, 1.54) is 17.3 Å². The first kappa shape index (κ1) is 20.8. The number of rotatable bonds is 4. The van der Waals surface area contributed by atoms with Gasteiger partial charge in [-0.25, -0.2) is 13.4 Å². The second-order valence-corrected chi connectivity index (χ2v) is 10.9. The summed E-state index contributed by atoms with van der Waals surface area (Å²) in [4.78, 5) is 10.1. The molecule has 0 unspecified atom stereocenters. The topological polar surface area (TPSA) is 70.8 Å². The Bertz CT molecular complexity index is 1220. The molecule has 1 aliphatic carbocycles. The molecule has 0 atom stereocenters. The van der Waals surface area contributed by atoms with Crippen LogP contribution in [0.3, 0.4) is 0 Å². The van der Waals surface area contributed by atoms with E-state index in [-0.39, 0.29) is 9.79 Å². The van der Waals surface area contributed by atoms with Crippen molar-refractivity contribution in [3.05, 3.63) is 41.6 Å². The molecule has 5 rings (SSSR count). The quantitative estimate of drug-likeness (QED) is 0.558. The van der Waals surface area contributed by atoms with Crippen LogP contribution in [-0.2, 0) is 22.7 Å². The number of likely N-dealkylation sites (N-methyl/N-ethyl adjacent to an activating group) is 1. The van der Waals surface area contributed by atoms with E-state index in [9.17, 15) is 8.42 Å². The van der Waals surface area contributed by atoms with Gasteiger partial charge in [0.05, 0.1) is 4.90 Å². The summed E-state index contributed by atoms with van der Waals surface area (Å²) in [5.41, 5.74) is 2.73. The van der Waals surface area contributed by atoms with E-state index >= 15 is 0 Å². The number of sulfone groups is 1. The lowest BCUT2D eigenvalue weighted by molar-refractivity contribution is 0.311. The summed E-state index contributed by atoms with van der Waals surface area (Å²) < 4.78 is 29.1. The van der Waals surface area contributed by atoms with Crippen LogP contribution in [-0.4, -0.2) is 67.4 Å². The van der Waals surface area contributed by atoms with Gasteiger partial charge in [-0.15, -0.1) is 11.8 Å². The first-order valence-corrected chi connectivity index (χ1v) is 13.4. The third-order valence-corrected chi connectivity index (χ3v) is 8.87. The monoisotopic (exact) mass is 457 g/mol. The molecule has 31 heavy (non-hydrogen) atoms. The highest BCUT2D eigenvalue weighted by Gasteiger charge is 2.33. The molecule has 0 radical (unpaired) electrons. The van der Waals surface area contributed by atoms with Gasteiger partial charge in [-0.2, -0.15) is 9.61 Å². The van der Waals surface area contributed by atoms with Gasteiger partial charge in [0.1, 0.15) is 10.8 Å². The second-order valence-electron chi connectivity index (χ2n) is 8.25. The average molecular weight is 458 g/mol. The first-order valence-electron chi connectivity index (χ1n) is 10.7. The lowest BCUT2D eigenvalue weighted by Gasteiger charge is -2.36. The van der Waals surface area contributed by atoms with E-state index in [0.29, 0.717) is 10.7 Å². The van der Waals surface area contributed by atoms with Crippen molar-refractivity contribution in [1.82, 2.24) is 19.5 Å². The Morgan fingerprint density at radius 3 is 2.42 bits per heavy atom. The molecule has 0 amide bonds. The van der Waals surface area contributed by atoms with E-state index in [1.807, 2.05) is 16.8 Å². The van der Waals surface area contributed by atoms with Crippen LogP contribution in [0.15, 0.2) is 45.1 Å². The first-order chi connectivity index (χ1) is 15.0. The predicted octanol–water partition coefficient (Wildman–Crippen LogP) is 2.91. The van der Waals surface area contributed by atoms with Crippen molar-refractivity contribution in [3.8, 4) is 0 Å². The smallest absolute Gasteiger partial charge is 0.213 e. The molecule has 1 aromatic carbocycles. The minimum absolute atomic E-state index is 0.231. The van der Waals surface area contributed by atoms with Crippen molar-refractivity contribution < 1.29 is 8.42 Å². The number of benzene rings is 1. The Kier molecular flexibility index (Phi) is 5.44. The van der Waals surface area contributed by atoms with Crippen LogP contribution >= 0.6 is 11.8 Å². The van der Waals surface area contributed by atoms with Gasteiger partial charge in [0.2, 0.25) is 9.84 Å². The van der Waals surface area contributed by atoms with Crippen LogP contribution < -0.4 is 4.90 Å². The molecule has 0 saturated carbocycles. The third-order valence-electron chi connectivity index (χ3n) is 6.26. The minimum Gasteiger partial charge on any atom is -0.354 e. The summed E-state index contributed by atoms with van der Waals surface area (Å²) >= 11 is 1.36. The van der Waals surface area contributed by atoms with Crippen molar-refractivity contribution in [3.63, 3.8) is 0 Å². The Morgan fingerprint density at radius 1 is 1.00 bits per heavy atom. The zero-order chi connectivity index (χ0) is 21.6. The molecular formula is C22H27N5O2S2. The molecule has 164 valence electrons. The maximum atomic E-state index is 13.7. The van der Waals surface area contributed by atoms with E-state index in [2.05, 4.69) is 16.8 Å². The summed E-state index contributed by atoms with van der Waals surface area (Å²) in [6, 6.07) is 8.61. The van der Waals surface area contributed by atoms with Gasteiger partial charge < -0.3 is 9.80 Å². The predicted molar refractivity (Wildman–Crippen MR) is 123 cm³/mol. The minimum atomic E-state index is -3.74. The number of aromatic nitrogens is 3. The molecule has 2 aliphatic rings. The molecule has 1 saturated heterocycles. The van der Waals surface area contributed by atoms with Gasteiger partial charge in [-0.05, 0) is 51.1 Å². The maximum Gasteiger partial charge on any atom is 0.213 e. The van der Waals surface area contributed by atoms with Gasteiger partial charge >= 0.3 is 0 Å². The van der Waals surface area contributed by atoms with Crippen LogP contribution in [0.25, 0.3) is 5.65 Å². The lowest BCUT2D eigenvalue weighted by Crippen LogP contribution is -2.45. The fraction of sp³-hybridized carbons (Fsp3) is 0.455. The highest BCUT2D eigenvalue weighted by molar-refractivity contribution is 7.99. The van der Waals surface area contributed by atoms with Crippen LogP contribution in [0.5, 0.6) is 0 Å². The van der Waals surface area contributed by atoms with Gasteiger partial charge in [-0.3, -0.25) is 0 Å². The molecule has 1 fully saturated rings. The van der Waals surface area contributed by atoms with Gasteiger partial charge in [0.25, 0.3) is 0 Å². The van der Waals surface area contributed by atoms with Crippen LogP contribution in [0, 0.1) is 0 Å². The molecule has 0 N–H and O–H groups in total. The van der Waals surface area contributed by atoms with Crippen molar-refractivity contribution in [2.45, 2.75) is 40.5 Å². The standard InChI is InChI=1S/C22H27N5O2S2/c1-25-12-14-26(15-13-25)22-17-10-6-7-11-18(17)23-20-19(21(30-2)24-27(20)22)31(28,29)16-8-4-3-5-9-16/h3-5,8-9H,6-7,10-15H2,1-2H3. The fourth-order valence-electron chi connectivity index (χ4n) is 4.56. The van der Waals surface area contributed by atoms with Crippen LogP contribution in [0.2, 0.25) is 0 Å². The van der Waals surface area contributed by atoms with Crippen molar-refractivity contribution in [2.75, 3.05) is 44.4 Å². The number of anilines is 1. The second kappa shape index (κ2) is 8.11. The molecule has 2 aromatic heterocycles. The fourth-order valence-corrected chi connectivity index (χ4v) is 6.97. The highest BCUT2D eigenvalue weighted by atomic mass is 32.2. The number of hydrogen-bond acceptors (Lipinski definition) is 7. The summed E-state index contributed by atoms with van der Waals surface area (Å²) in [5, 5.41) is 5.32. The Balaban J connectivity index is 1.78. The van der Waals surface area contributed by atoms with Gasteiger partial charge in [0, 0.05) is 37.4 Å². The molecule has 9 heteroatoms. The van der Waals surface area contributed by atoms with E-state index in [4.69, 9.17) is 10.1 Å². The number of fused-ring (bicyclic) bond motifs is 2. The molecule has 7 nitrogen and oxygen atoms in total. The third kappa shape index (κ3) is 3.52.